The first kappa shape index (κ1) is 15.6. The number of anilines is 1. The van der Waals surface area contributed by atoms with Gasteiger partial charge in [-0.3, -0.25) is 4.72 Å². The lowest BCUT2D eigenvalue weighted by Crippen LogP contribution is -2.14. The summed E-state index contributed by atoms with van der Waals surface area (Å²) in [5.74, 6) is -0.870. The number of rotatable bonds is 3. The second-order valence-electron chi connectivity index (χ2n) is 3.78. The van der Waals surface area contributed by atoms with Crippen LogP contribution in [-0.4, -0.2) is 8.42 Å². The Hall–Kier alpha value is -0.820. The van der Waals surface area contributed by atoms with Gasteiger partial charge in [-0.15, -0.1) is 0 Å². The summed E-state index contributed by atoms with van der Waals surface area (Å²) in [7, 11) is -4.09. The molecule has 106 valence electrons. The third-order valence-electron chi connectivity index (χ3n) is 2.38. The van der Waals surface area contributed by atoms with Gasteiger partial charge in [0.2, 0.25) is 0 Å². The van der Waals surface area contributed by atoms with Crippen LogP contribution in [0.3, 0.4) is 0 Å². The Kier molecular flexibility index (Phi) is 4.59. The Morgan fingerprint density at radius 3 is 2.50 bits per heavy atom. The molecule has 0 amide bonds. The van der Waals surface area contributed by atoms with Crippen LogP contribution in [0.15, 0.2) is 45.8 Å². The number of hydrogen-bond acceptors (Lipinski definition) is 2. The van der Waals surface area contributed by atoms with Crippen molar-refractivity contribution in [2.45, 2.75) is 4.90 Å². The van der Waals surface area contributed by atoms with Crippen LogP contribution in [0, 0.1) is 5.82 Å². The summed E-state index contributed by atoms with van der Waals surface area (Å²) in [6, 6.07) is 8.12. The van der Waals surface area contributed by atoms with E-state index >= 15 is 0 Å². The largest absolute Gasteiger partial charge is 0.278 e. The van der Waals surface area contributed by atoms with Gasteiger partial charge >= 0.3 is 0 Å². The van der Waals surface area contributed by atoms with E-state index in [1.54, 1.807) is 0 Å². The Labute approximate surface area is 133 Å². The standard InChI is InChI=1S/C12H7BrCl2FNO2S/c13-7-4-5-11(9(16)6-7)20(18,19)17-10-3-1-2-8(14)12(10)15/h1-6,17H. The molecule has 1 N–H and O–H groups in total. The lowest BCUT2D eigenvalue weighted by molar-refractivity contribution is 0.570. The zero-order valence-electron chi connectivity index (χ0n) is 9.70. The van der Waals surface area contributed by atoms with Gasteiger partial charge in [-0.05, 0) is 30.3 Å². The SMILES string of the molecule is O=S(=O)(Nc1cccc(Cl)c1Cl)c1ccc(Br)cc1F. The zero-order chi connectivity index (χ0) is 14.9. The average molecular weight is 399 g/mol. The molecule has 20 heavy (non-hydrogen) atoms. The summed E-state index contributed by atoms with van der Waals surface area (Å²) >= 11 is 14.7. The molecule has 0 bridgehead atoms. The van der Waals surface area contributed by atoms with Crippen molar-refractivity contribution in [1.29, 1.82) is 0 Å². The first-order valence-electron chi connectivity index (χ1n) is 5.23. The van der Waals surface area contributed by atoms with Crippen molar-refractivity contribution < 1.29 is 12.8 Å². The third-order valence-corrected chi connectivity index (χ3v) is 5.09. The second-order valence-corrected chi connectivity index (χ2v) is 7.13. The summed E-state index contributed by atoms with van der Waals surface area (Å²) in [4.78, 5) is -0.475. The topological polar surface area (TPSA) is 46.2 Å². The van der Waals surface area contributed by atoms with Crippen molar-refractivity contribution in [3.63, 3.8) is 0 Å². The number of halogens is 4. The van der Waals surface area contributed by atoms with Crippen LogP contribution in [0.5, 0.6) is 0 Å². The van der Waals surface area contributed by atoms with E-state index in [2.05, 4.69) is 20.7 Å². The number of sulfonamides is 1. The molecule has 0 aromatic heterocycles. The molecule has 0 heterocycles. The summed E-state index contributed by atoms with van der Waals surface area (Å²) < 4.78 is 40.6. The average Bonchev–Trinajstić information content (AvgIpc) is 2.34. The first-order valence-corrected chi connectivity index (χ1v) is 8.26. The van der Waals surface area contributed by atoms with Crippen molar-refractivity contribution in [3.05, 3.63) is 56.7 Å². The molecular formula is C12H7BrCl2FNO2S. The van der Waals surface area contributed by atoms with Crippen molar-refractivity contribution in [1.82, 2.24) is 0 Å². The molecular weight excluding hydrogens is 392 g/mol. The molecule has 2 rings (SSSR count). The lowest BCUT2D eigenvalue weighted by Gasteiger charge is -2.11. The molecule has 0 aliphatic carbocycles. The fraction of sp³-hybridized carbons (Fsp3) is 0. The Bertz CT molecular complexity index is 768. The maximum absolute atomic E-state index is 13.7. The fourth-order valence-corrected chi connectivity index (χ4v) is 3.34. The molecule has 0 atom stereocenters. The van der Waals surface area contributed by atoms with E-state index in [0.29, 0.717) is 4.47 Å². The van der Waals surface area contributed by atoms with E-state index in [1.165, 1.54) is 24.3 Å². The molecule has 0 spiro atoms. The maximum atomic E-state index is 13.7. The summed E-state index contributed by atoms with van der Waals surface area (Å²) in [6.45, 7) is 0. The summed E-state index contributed by atoms with van der Waals surface area (Å²) in [5, 5.41) is 0.249. The van der Waals surface area contributed by atoms with E-state index in [4.69, 9.17) is 23.2 Å². The van der Waals surface area contributed by atoms with Gasteiger partial charge in [0.05, 0.1) is 15.7 Å². The number of benzene rings is 2. The van der Waals surface area contributed by atoms with Crippen LogP contribution in [-0.2, 0) is 10.0 Å². The Morgan fingerprint density at radius 1 is 1.15 bits per heavy atom. The van der Waals surface area contributed by atoms with Gasteiger partial charge < -0.3 is 0 Å². The second kappa shape index (κ2) is 5.89. The van der Waals surface area contributed by atoms with Crippen LogP contribution >= 0.6 is 39.1 Å². The van der Waals surface area contributed by atoms with Crippen LogP contribution in [0.25, 0.3) is 0 Å². The molecule has 0 aliphatic heterocycles. The summed E-state index contributed by atoms with van der Waals surface area (Å²) in [5.41, 5.74) is 0.0847. The fourth-order valence-electron chi connectivity index (χ4n) is 1.48. The Balaban J connectivity index is 2.44. The molecule has 0 aliphatic rings. The maximum Gasteiger partial charge on any atom is 0.264 e. The number of hydrogen-bond donors (Lipinski definition) is 1. The highest BCUT2D eigenvalue weighted by molar-refractivity contribution is 9.10. The lowest BCUT2D eigenvalue weighted by atomic mass is 10.3. The minimum absolute atomic E-state index is 0.0512. The molecule has 0 saturated carbocycles. The summed E-state index contributed by atoms with van der Waals surface area (Å²) in [6.07, 6.45) is 0. The van der Waals surface area contributed by atoms with E-state index in [9.17, 15) is 12.8 Å². The highest BCUT2D eigenvalue weighted by Gasteiger charge is 2.20. The molecule has 0 fully saturated rings. The van der Waals surface area contributed by atoms with Crippen molar-refractivity contribution in [2.75, 3.05) is 4.72 Å². The smallest absolute Gasteiger partial charge is 0.264 e. The van der Waals surface area contributed by atoms with E-state index < -0.39 is 20.7 Å². The molecule has 0 saturated heterocycles. The van der Waals surface area contributed by atoms with Gasteiger partial charge in [0, 0.05) is 4.47 Å². The van der Waals surface area contributed by atoms with Gasteiger partial charge in [-0.2, -0.15) is 0 Å². The molecule has 3 nitrogen and oxygen atoms in total. The predicted molar refractivity (Wildman–Crippen MR) is 81.4 cm³/mol. The number of nitrogens with one attached hydrogen (secondary N) is 1. The van der Waals surface area contributed by atoms with E-state index in [-0.39, 0.29) is 15.7 Å². The van der Waals surface area contributed by atoms with Gasteiger partial charge in [0.1, 0.15) is 10.7 Å². The third kappa shape index (κ3) is 3.25. The molecule has 0 unspecified atom stereocenters. The minimum Gasteiger partial charge on any atom is -0.278 e. The highest BCUT2D eigenvalue weighted by Crippen LogP contribution is 2.31. The quantitative estimate of drug-likeness (QED) is 0.814. The van der Waals surface area contributed by atoms with Gasteiger partial charge in [0.15, 0.2) is 0 Å². The van der Waals surface area contributed by atoms with Crippen molar-refractivity contribution >= 4 is 54.8 Å². The normalized spacial score (nSPS) is 11.4. The Morgan fingerprint density at radius 2 is 1.85 bits per heavy atom. The van der Waals surface area contributed by atoms with Crippen LogP contribution in [0.4, 0.5) is 10.1 Å². The molecule has 8 heteroatoms. The van der Waals surface area contributed by atoms with Gasteiger partial charge in [-0.25, -0.2) is 12.8 Å². The molecule has 2 aromatic rings. The predicted octanol–water partition coefficient (Wildman–Crippen LogP) is 4.70. The van der Waals surface area contributed by atoms with Crippen LogP contribution in [0.2, 0.25) is 10.0 Å². The van der Waals surface area contributed by atoms with Crippen molar-refractivity contribution in [3.8, 4) is 0 Å². The van der Waals surface area contributed by atoms with Crippen LogP contribution in [0.1, 0.15) is 0 Å². The molecule has 2 aromatic carbocycles. The zero-order valence-corrected chi connectivity index (χ0v) is 13.6. The van der Waals surface area contributed by atoms with E-state index in [1.807, 2.05) is 0 Å². The monoisotopic (exact) mass is 397 g/mol. The van der Waals surface area contributed by atoms with Gasteiger partial charge in [0.25, 0.3) is 10.0 Å². The van der Waals surface area contributed by atoms with E-state index in [0.717, 1.165) is 12.1 Å². The van der Waals surface area contributed by atoms with Crippen LogP contribution < -0.4 is 4.72 Å². The van der Waals surface area contributed by atoms with Gasteiger partial charge in [-0.1, -0.05) is 45.2 Å². The minimum atomic E-state index is -4.09. The molecule has 0 radical (unpaired) electrons. The highest BCUT2D eigenvalue weighted by atomic mass is 79.9. The van der Waals surface area contributed by atoms with Crippen molar-refractivity contribution in [2.24, 2.45) is 0 Å². The first-order chi connectivity index (χ1) is 9.31.